The molecule has 0 N–H and O–H groups in total. The molecular formula is C10H10ClN. The molecule has 0 spiro atoms. The van der Waals surface area contributed by atoms with Crippen molar-refractivity contribution in [2.24, 2.45) is 4.99 Å². The monoisotopic (exact) mass is 179 g/mol. The van der Waals surface area contributed by atoms with E-state index in [9.17, 15) is 0 Å². The van der Waals surface area contributed by atoms with E-state index in [0.29, 0.717) is 5.17 Å². The molecule has 0 saturated heterocycles. The van der Waals surface area contributed by atoms with E-state index in [0.717, 1.165) is 10.4 Å². The summed E-state index contributed by atoms with van der Waals surface area (Å²) in [5, 5.41) is 2.48. The zero-order valence-corrected chi connectivity index (χ0v) is 7.67. The largest absolute Gasteiger partial charge is 0.249 e. The van der Waals surface area contributed by atoms with Gasteiger partial charge in [0.15, 0.2) is 0 Å². The number of hydrogen-bond donors (Lipinski definition) is 0. The number of rotatable bonds is 1. The molecule has 1 nitrogen and oxygen atoms in total. The van der Waals surface area contributed by atoms with Gasteiger partial charge in [-0.2, -0.15) is 0 Å². The van der Waals surface area contributed by atoms with Crippen LogP contribution >= 0.6 is 11.6 Å². The molecular weight excluding hydrogens is 170 g/mol. The summed E-state index contributed by atoms with van der Waals surface area (Å²) in [5.41, 5.74) is 0. The van der Waals surface area contributed by atoms with Crippen LogP contribution in [0.25, 0.3) is 12.8 Å². The first-order chi connectivity index (χ1) is 5.70. The summed E-state index contributed by atoms with van der Waals surface area (Å²) in [6.07, 6.45) is 1.71. The van der Waals surface area contributed by atoms with E-state index < -0.39 is 0 Å². The third kappa shape index (κ3) is 2.51. The average Bonchev–Trinajstić information content (AvgIpc) is 2.03. The second-order valence-electron chi connectivity index (χ2n) is 2.45. The summed E-state index contributed by atoms with van der Waals surface area (Å²) in [6, 6.07) is 7.77. The minimum absolute atomic E-state index is 0.526. The van der Waals surface area contributed by atoms with Gasteiger partial charge in [-0.1, -0.05) is 42.4 Å². The molecule has 1 aromatic rings. The second kappa shape index (κ2) is 4.07. The fraction of sp³-hybridized carbons (Fsp3) is 0.100. The number of hydrogen-bond acceptors (Lipinski definition) is 1. The van der Waals surface area contributed by atoms with Gasteiger partial charge in [0.25, 0.3) is 0 Å². The summed E-state index contributed by atoms with van der Waals surface area (Å²) in [4.78, 5) is 3.97. The zero-order valence-electron chi connectivity index (χ0n) is 6.92. The van der Waals surface area contributed by atoms with Gasteiger partial charge in [-0.15, -0.1) is 0 Å². The first-order valence-corrected chi connectivity index (χ1v) is 4.02. The highest BCUT2D eigenvalue weighted by Gasteiger charge is 1.79. The predicted molar refractivity (Wildman–Crippen MR) is 54.6 cm³/mol. The van der Waals surface area contributed by atoms with E-state index >= 15 is 0 Å². The standard InChI is InChI=1S/C10H10ClN/c1-8-5-3-4-6-10(8)7-12-9(2)11/h3-7H,1H2,2H3/b10-7-,12-9+. The van der Waals surface area contributed by atoms with Crippen LogP contribution in [0.1, 0.15) is 6.92 Å². The Morgan fingerprint density at radius 2 is 2.17 bits per heavy atom. The van der Waals surface area contributed by atoms with Gasteiger partial charge in [-0.25, -0.2) is 4.99 Å². The Hall–Kier alpha value is -1.08. The third-order valence-electron chi connectivity index (χ3n) is 1.44. The molecule has 0 fully saturated rings. The van der Waals surface area contributed by atoms with Gasteiger partial charge in [0.05, 0.1) is 0 Å². The van der Waals surface area contributed by atoms with Crippen molar-refractivity contribution in [2.45, 2.75) is 6.92 Å². The van der Waals surface area contributed by atoms with Crippen molar-refractivity contribution in [2.75, 3.05) is 0 Å². The molecule has 0 aliphatic rings. The Kier molecular flexibility index (Phi) is 3.06. The molecule has 0 aromatic heterocycles. The second-order valence-corrected chi connectivity index (χ2v) is 3.00. The Morgan fingerprint density at radius 1 is 1.50 bits per heavy atom. The van der Waals surface area contributed by atoms with Crippen LogP contribution in [0.15, 0.2) is 29.3 Å². The van der Waals surface area contributed by atoms with Crippen molar-refractivity contribution < 1.29 is 0 Å². The molecule has 0 aliphatic carbocycles. The molecule has 0 saturated carbocycles. The van der Waals surface area contributed by atoms with Crippen LogP contribution < -0.4 is 10.4 Å². The molecule has 0 atom stereocenters. The van der Waals surface area contributed by atoms with Gasteiger partial charge in [0.2, 0.25) is 0 Å². The van der Waals surface area contributed by atoms with Crippen LogP contribution in [-0.2, 0) is 0 Å². The lowest BCUT2D eigenvalue weighted by Crippen LogP contribution is -2.21. The Morgan fingerprint density at radius 3 is 2.75 bits per heavy atom. The molecule has 62 valence electrons. The van der Waals surface area contributed by atoms with Gasteiger partial charge in [-0.05, 0) is 17.4 Å². The van der Waals surface area contributed by atoms with Gasteiger partial charge in [-0.3, -0.25) is 0 Å². The van der Waals surface area contributed by atoms with Crippen molar-refractivity contribution in [1.82, 2.24) is 0 Å². The Bertz CT molecular complexity index is 389. The van der Waals surface area contributed by atoms with Crippen LogP contribution in [0.4, 0.5) is 0 Å². The molecule has 0 unspecified atom stereocenters. The molecule has 0 heterocycles. The van der Waals surface area contributed by atoms with Gasteiger partial charge < -0.3 is 0 Å². The lowest BCUT2D eigenvalue weighted by atomic mass is 10.3. The first-order valence-electron chi connectivity index (χ1n) is 3.64. The lowest BCUT2D eigenvalue weighted by Gasteiger charge is -1.85. The fourth-order valence-corrected chi connectivity index (χ4v) is 0.867. The van der Waals surface area contributed by atoms with Crippen LogP contribution in [0.5, 0.6) is 0 Å². The van der Waals surface area contributed by atoms with Crippen LogP contribution in [0, 0.1) is 0 Å². The smallest absolute Gasteiger partial charge is 0.103 e. The van der Waals surface area contributed by atoms with E-state index in [4.69, 9.17) is 11.6 Å². The first kappa shape index (κ1) is 9.01. The predicted octanol–water partition coefficient (Wildman–Crippen LogP) is 1.49. The number of nitrogens with zero attached hydrogens (tertiary/aromatic N) is 1. The Balaban J connectivity index is 3.20. The SMILES string of the molecule is C=c1cccc/c1=C/N=C(\C)Cl. The molecule has 1 rings (SSSR count). The minimum atomic E-state index is 0.526. The van der Waals surface area contributed by atoms with E-state index in [1.807, 2.05) is 24.3 Å². The lowest BCUT2D eigenvalue weighted by molar-refractivity contribution is 1.50. The normalized spacial score (nSPS) is 13.5. The number of aliphatic imine (C=N–C) groups is 1. The van der Waals surface area contributed by atoms with Gasteiger partial charge in [0.1, 0.15) is 5.17 Å². The van der Waals surface area contributed by atoms with Gasteiger partial charge in [0, 0.05) is 6.20 Å². The maximum absolute atomic E-state index is 5.58. The van der Waals surface area contributed by atoms with Crippen molar-refractivity contribution in [3.05, 3.63) is 34.7 Å². The highest BCUT2D eigenvalue weighted by molar-refractivity contribution is 6.65. The maximum Gasteiger partial charge on any atom is 0.103 e. The molecule has 0 aliphatic heterocycles. The topological polar surface area (TPSA) is 12.4 Å². The fourth-order valence-electron chi connectivity index (χ4n) is 0.819. The van der Waals surface area contributed by atoms with E-state index in [1.54, 1.807) is 13.1 Å². The van der Waals surface area contributed by atoms with Crippen molar-refractivity contribution in [3.63, 3.8) is 0 Å². The molecule has 1 aromatic carbocycles. The average molecular weight is 180 g/mol. The van der Waals surface area contributed by atoms with Crippen molar-refractivity contribution >= 4 is 29.6 Å². The molecule has 0 bridgehead atoms. The molecule has 0 amide bonds. The van der Waals surface area contributed by atoms with Crippen molar-refractivity contribution in [1.29, 1.82) is 0 Å². The molecule has 2 heteroatoms. The number of halogens is 1. The van der Waals surface area contributed by atoms with Crippen LogP contribution in [0.3, 0.4) is 0 Å². The van der Waals surface area contributed by atoms with Gasteiger partial charge >= 0.3 is 0 Å². The quantitative estimate of drug-likeness (QED) is 0.580. The highest BCUT2D eigenvalue weighted by Crippen LogP contribution is 1.82. The highest BCUT2D eigenvalue weighted by atomic mass is 35.5. The van der Waals surface area contributed by atoms with E-state index in [2.05, 4.69) is 11.6 Å². The number of benzene rings is 1. The molecule has 12 heavy (non-hydrogen) atoms. The maximum atomic E-state index is 5.58. The minimum Gasteiger partial charge on any atom is -0.249 e. The van der Waals surface area contributed by atoms with Crippen LogP contribution in [-0.4, -0.2) is 5.17 Å². The Labute approximate surface area is 76.7 Å². The zero-order chi connectivity index (χ0) is 8.97. The van der Waals surface area contributed by atoms with E-state index in [-0.39, 0.29) is 0 Å². The summed E-state index contributed by atoms with van der Waals surface area (Å²) in [5.74, 6) is 0. The van der Waals surface area contributed by atoms with Crippen molar-refractivity contribution in [3.8, 4) is 0 Å². The van der Waals surface area contributed by atoms with Crippen LogP contribution in [0.2, 0.25) is 0 Å². The summed E-state index contributed by atoms with van der Waals surface area (Å²) in [6.45, 7) is 5.59. The summed E-state index contributed by atoms with van der Waals surface area (Å²) in [7, 11) is 0. The third-order valence-corrected chi connectivity index (χ3v) is 1.53. The van der Waals surface area contributed by atoms with E-state index in [1.165, 1.54) is 0 Å². The molecule has 0 radical (unpaired) electrons. The summed E-state index contributed by atoms with van der Waals surface area (Å²) >= 11 is 5.58. The summed E-state index contributed by atoms with van der Waals surface area (Å²) < 4.78 is 0.